The van der Waals surface area contributed by atoms with E-state index in [2.05, 4.69) is 37.2 Å². The van der Waals surface area contributed by atoms with Gasteiger partial charge in [-0.15, -0.1) is 0 Å². The first kappa shape index (κ1) is 24.2. The summed E-state index contributed by atoms with van der Waals surface area (Å²) in [4.78, 5) is 23.3. The highest BCUT2D eigenvalue weighted by Gasteiger charge is 2.24. The van der Waals surface area contributed by atoms with E-state index >= 15 is 0 Å². The summed E-state index contributed by atoms with van der Waals surface area (Å²) in [6, 6.07) is 9.63. The van der Waals surface area contributed by atoms with E-state index in [9.17, 15) is 9.18 Å². The number of fused-ring (bicyclic) bond motifs is 1. The number of hydrogen-bond donors (Lipinski definition) is 2. The van der Waals surface area contributed by atoms with Crippen LogP contribution in [0.3, 0.4) is 0 Å². The van der Waals surface area contributed by atoms with Crippen molar-refractivity contribution in [3.63, 3.8) is 0 Å². The highest BCUT2D eigenvalue weighted by Crippen LogP contribution is 2.39. The van der Waals surface area contributed by atoms with Crippen molar-refractivity contribution < 1.29 is 18.7 Å². The van der Waals surface area contributed by atoms with Gasteiger partial charge in [-0.05, 0) is 43.3 Å². The van der Waals surface area contributed by atoms with Gasteiger partial charge in [0.15, 0.2) is 5.65 Å². The number of amides is 1. The van der Waals surface area contributed by atoms with Crippen LogP contribution in [0.4, 0.5) is 21.7 Å². The number of carbonyl (C=O) groups excluding carboxylic acids is 1. The first-order valence-corrected chi connectivity index (χ1v) is 11.7. The fraction of sp³-hybridized carbons (Fsp3) is 0.231. The number of anilines is 3. The van der Waals surface area contributed by atoms with Crippen molar-refractivity contribution in [1.29, 1.82) is 0 Å². The maximum absolute atomic E-state index is 13.8. The number of likely N-dealkylation sites (N-methyl/N-ethyl adjacent to an activating group) is 1. The van der Waals surface area contributed by atoms with Gasteiger partial charge in [0, 0.05) is 24.7 Å². The maximum atomic E-state index is 13.8. The third-order valence-corrected chi connectivity index (χ3v) is 6.04. The van der Waals surface area contributed by atoms with Crippen LogP contribution < -0.4 is 20.1 Å². The van der Waals surface area contributed by atoms with E-state index < -0.39 is 0 Å². The zero-order valence-corrected chi connectivity index (χ0v) is 20.4. The normalized spacial score (nSPS) is 15.5. The molecule has 1 fully saturated rings. The van der Waals surface area contributed by atoms with Crippen molar-refractivity contribution in [2.24, 2.45) is 0 Å². The topological polar surface area (TPSA) is 106 Å². The minimum atomic E-state index is -0.374. The highest BCUT2D eigenvalue weighted by molar-refractivity contribution is 6.00. The summed E-state index contributed by atoms with van der Waals surface area (Å²) in [6.07, 6.45) is 5.17. The molecule has 1 atom stereocenters. The molecule has 37 heavy (non-hydrogen) atoms. The second-order valence-electron chi connectivity index (χ2n) is 8.67. The summed E-state index contributed by atoms with van der Waals surface area (Å²) in [5.41, 5.74) is 2.75. The molecule has 1 saturated heterocycles. The number of aromatic nitrogens is 4. The molecule has 1 aliphatic rings. The van der Waals surface area contributed by atoms with Gasteiger partial charge in [-0.25, -0.2) is 13.9 Å². The van der Waals surface area contributed by atoms with Gasteiger partial charge in [-0.3, -0.25) is 4.79 Å². The summed E-state index contributed by atoms with van der Waals surface area (Å²) >= 11 is 0. The molecule has 0 bridgehead atoms. The Kier molecular flexibility index (Phi) is 6.69. The molecule has 10 nitrogen and oxygen atoms in total. The molecular weight excluding hydrogens is 477 g/mol. The van der Waals surface area contributed by atoms with Gasteiger partial charge in [0.1, 0.15) is 29.7 Å². The molecule has 1 aliphatic heterocycles. The molecule has 0 aliphatic carbocycles. The van der Waals surface area contributed by atoms with Crippen LogP contribution in [0.2, 0.25) is 0 Å². The predicted octanol–water partition coefficient (Wildman–Crippen LogP) is 3.89. The number of benzene rings is 2. The van der Waals surface area contributed by atoms with Crippen LogP contribution in [0, 0.1) is 5.82 Å². The van der Waals surface area contributed by atoms with Crippen LogP contribution in [-0.2, 0) is 4.79 Å². The Morgan fingerprint density at radius 1 is 1.24 bits per heavy atom. The van der Waals surface area contributed by atoms with Crippen LogP contribution in [0.15, 0.2) is 61.6 Å². The predicted molar refractivity (Wildman–Crippen MR) is 138 cm³/mol. The molecule has 0 saturated carbocycles. The van der Waals surface area contributed by atoms with Crippen molar-refractivity contribution in [2.45, 2.75) is 12.5 Å². The van der Waals surface area contributed by atoms with Crippen molar-refractivity contribution in [3.8, 4) is 22.6 Å². The molecule has 0 spiro atoms. The van der Waals surface area contributed by atoms with Gasteiger partial charge < -0.3 is 25.0 Å². The van der Waals surface area contributed by atoms with Crippen molar-refractivity contribution in [1.82, 2.24) is 24.5 Å². The third-order valence-electron chi connectivity index (χ3n) is 6.04. The average molecular weight is 504 g/mol. The first-order valence-electron chi connectivity index (χ1n) is 11.7. The van der Waals surface area contributed by atoms with Crippen LogP contribution in [0.5, 0.6) is 11.5 Å². The summed E-state index contributed by atoms with van der Waals surface area (Å²) in [7, 11) is 3.58. The molecule has 3 heterocycles. The summed E-state index contributed by atoms with van der Waals surface area (Å²) in [5, 5.41) is 10.2. The maximum Gasteiger partial charge on any atom is 0.247 e. The van der Waals surface area contributed by atoms with Gasteiger partial charge >= 0.3 is 0 Å². The van der Waals surface area contributed by atoms with Crippen LogP contribution >= 0.6 is 0 Å². The molecule has 1 unspecified atom stereocenters. The Morgan fingerprint density at radius 2 is 2.11 bits per heavy atom. The zero-order chi connectivity index (χ0) is 25.9. The van der Waals surface area contributed by atoms with E-state index in [0.717, 1.165) is 19.5 Å². The highest BCUT2D eigenvalue weighted by atomic mass is 19.1. The molecule has 2 aromatic carbocycles. The number of ether oxygens (including phenoxy) is 2. The van der Waals surface area contributed by atoms with E-state index in [1.165, 1.54) is 29.1 Å². The monoisotopic (exact) mass is 503 g/mol. The van der Waals surface area contributed by atoms with Crippen molar-refractivity contribution in [3.05, 3.63) is 67.4 Å². The molecule has 5 rings (SSSR count). The minimum absolute atomic E-state index is 0.0123. The standard InChI is InChI=1S/C26H26FN7O3/c1-4-24(35)30-21-11-20(22(36-3)12-23(21)37-18-8-9-33(2)14-18)31-26-28-15-34-25(32-26)19(13-29-34)16-6-5-7-17(27)10-16/h4-7,10-13,15,18H,1,8-9,14H2,2-3H3,(H,30,35)(H,31,32). The average Bonchev–Trinajstić information content (AvgIpc) is 3.50. The summed E-state index contributed by atoms with van der Waals surface area (Å²) in [6.45, 7) is 5.25. The van der Waals surface area contributed by atoms with Gasteiger partial charge in [-0.1, -0.05) is 18.7 Å². The van der Waals surface area contributed by atoms with Crippen LogP contribution in [-0.4, -0.2) is 63.7 Å². The van der Waals surface area contributed by atoms with E-state index in [1.54, 1.807) is 37.6 Å². The number of methoxy groups -OCH3 is 1. The lowest BCUT2D eigenvalue weighted by atomic mass is 10.1. The van der Waals surface area contributed by atoms with E-state index in [1.807, 2.05) is 7.05 Å². The lowest BCUT2D eigenvalue weighted by Gasteiger charge is -2.20. The minimum Gasteiger partial charge on any atom is -0.494 e. The number of carbonyl (C=O) groups is 1. The Morgan fingerprint density at radius 3 is 2.84 bits per heavy atom. The summed E-state index contributed by atoms with van der Waals surface area (Å²) < 4.78 is 27.1. The Bertz CT molecular complexity index is 1470. The lowest BCUT2D eigenvalue weighted by molar-refractivity contribution is -0.111. The van der Waals surface area contributed by atoms with Crippen LogP contribution in [0.25, 0.3) is 16.8 Å². The fourth-order valence-corrected chi connectivity index (χ4v) is 4.21. The van der Waals surface area contributed by atoms with Gasteiger partial charge in [0.25, 0.3) is 0 Å². The summed E-state index contributed by atoms with van der Waals surface area (Å²) in [5.74, 6) is 0.491. The van der Waals surface area contributed by atoms with E-state index in [4.69, 9.17) is 9.47 Å². The SMILES string of the molecule is C=CC(=O)Nc1cc(Nc2ncn3ncc(-c4cccc(F)c4)c3n2)c(OC)cc1OC1CCN(C)C1. The molecule has 11 heteroatoms. The Balaban J connectivity index is 1.50. The van der Waals surface area contributed by atoms with Crippen LogP contribution in [0.1, 0.15) is 6.42 Å². The molecule has 190 valence electrons. The van der Waals surface area contributed by atoms with Crippen molar-refractivity contribution >= 4 is 28.9 Å². The smallest absolute Gasteiger partial charge is 0.247 e. The largest absolute Gasteiger partial charge is 0.494 e. The van der Waals surface area contributed by atoms with Crippen molar-refractivity contribution in [2.75, 3.05) is 37.9 Å². The number of hydrogen-bond acceptors (Lipinski definition) is 8. The number of rotatable bonds is 8. The molecule has 2 aromatic heterocycles. The second kappa shape index (κ2) is 10.2. The lowest BCUT2D eigenvalue weighted by Crippen LogP contribution is -2.22. The molecular formula is C26H26FN7O3. The second-order valence-corrected chi connectivity index (χ2v) is 8.67. The van der Waals surface area contributed by atoms with E-state index in [0.29, 0.717) is 39.6 Å². The van der Waals surface area contributed by atoms with Gasteiger partial charge in [-0.2, -0.15) is 10.1 Å². The zero-order valence-electron chi connectivity index (χ0n) is 20.4. The van der Waals surface area contributed by atoms with E-state index in [-0.39, 0.29) is 23.8 Å². The quantitative estimate of drug-likeness (QED) is 0.349. The fourth-order valence-electron chi connectivity index (χ4n) is 4.21. The number of halogens is 1. The molecule has 2 N–H and O–H groups in total. The number of nitrogens with one attached hydrogen (secondary N) is 2. The van der Waals surface area contributed by atoms with Gasteiger partial charge in [0.05, 0.1) is 24.7 Å². The Labute approximate surface area is 212 Å². The Hall–Kier alpha value is -4.51. The van der Waals surface area contributed by atoms with Gasteiger partial charge in [0.2, 0.25) is 11.9 Å². The number of likely N-dealkylation sites (tertiary alicyclic amines) is 1. The molecule has 1 amide bonds. The number of nitrogens with zero attached hydrogens (tertiary/aromatic N) is 5. The first-order chi connectivity index (χ1) is 17.9. The molecule has 0 radical (unpaired) electrons. The molecule has 4 aromatic rings. The third kappa shape index (κ3) is 5.21.